The Morgan fingerprint density at radius 1 is 1.78 bits per heavy atom. The van der Waals surface area contributed by atoms with E-state index in [1.54, 1.807) is 0 Å². The fraction of sp³-hybridized carbons (Fsp3) is 0.800. The van der Waals surface area contributed by atoms with Crippen molar-refractivity contribution >= 4 is 0 Å². The molecule has 0 bridgehead atoms. The summed E-state index contributed by atoms with van der Waals surface area (Å²) in [5, 5.41) is 8.17. The van der Waals surface area contributed by atoms with E-state index in [9.17, 15) is 0 Å². The Bertz CT molecular complexity index is 98.9. The zero-order valence-electron chi connectivity index (χ0n) is 5.50. The molecule has 0 aromatic heterocycles. The van der Waals surface area contributed by atoms with Crippen LogP contribution < -0.4 is 5.90 Å². The van der Waals surface area contributed by atoms with E-state index in [2.05, 4.69) is 4.84 Å². The molecule has 9 heavy (non-hydrogen) atoms. The summed E-state index contributed by atoms with van der Waals surface area (Å²) in [5.74, 6) is 4.76. The Morgan fingerprint density at radius 2 is 2.44 bits per heavy atom. The summed E-state index contributed by atoms with van der Waals surface area (Å²) >= 11 is 0. The van der Waals surface area contributed by atoms with Crippen molar-refractivity contribution in [1.29, 1.82) is 5.26 Å². The third kappa shape index (κ3) is 5.24. The standard InChI is InChI=1S/C5H11N3O/c1-8(3-2-6)4-5-9-7/h3-5,7H2,1H3. The molecule has 2 N–H and O–H groups in total. The molecule has 0 radical (unpaired) electrons. The molecular weight excluding hydrogens is 118 g/mol. The first kappa shape index (κ1) is 8.37. The first-order valence-electron chi connectivity index (χ1n) is 2.68. The summed E-state index contributed by atoms with van der Waals surface area (Å²) in [7, 11) is 1.84. The monoisotopic (exact) mass is 129 g/mol. The fourth-order valence-corrected chi connectivity index (χ4v) is 0.408. The van der Waals surface area contributed by atoms with Crippen LogP contribution in [0.1, 0.15) is 0 Å². The highest BCUT2D eigenvalue weighted by atomic mass is 16.6. The van der Waals surface area contributed by atoms with E-state index in [1.165, 1.54) is 0 Å². The van der Waals surface area contributed by atoms with Gasteiger partial charge in [-0.15, -0.1) is 0 Å². The normalized spacial score (nSPS) is 9.56. The van der Waals surface area contributed by atoms with Crippen LogP contribution in [0.15, 0.2) is 0 Å². The minimum atomic E-state index is 0.420. The molecule has 0 atom stereocenters. The Hall–Kier alpha value is -0.630. The number of rotatable bonds is 4. The van der Waals surface area contributed by atoms with Crippen LogP contribution in [-0.4, -0.2) is 31.6 Å². The van der Waals surface area contributed by atoms with Gasteiger partial charge in [-0.1, -0.05) is 0 Å². The lowest BCUT2D eigenvalue weighted by Crippen LogP contribution is -2.24. The fourth-order valence-electron chi connectivity index (χ4n) is 0.408. The first-order valence-corrected chi connectivity index (χ1v) is 2.68. The van der Waals surface area contributed by atoms with Crippen molar-refractivity contribution in [3.63, 3.8) is 0 Å². The SMILES string of the molecule is CN(CC#N)CCON. The zero-order chi connectivity index (χ0) is 7.11. The summed E-state index contributed by atoms with van der Waals surface area (Å²) in [6.45, 7) is 1.59. The number of hydrogen-bond acceptors (Lipinski definition) is 4. The second-order valence-electron chi connectivity index (χ2n) is 1.77. The van der Waals surface area contributed by atoms with E-state index in [-0.39, 0.29) is 0 Å². The van der Waals surface area contributed by atoms with E-state index >= 15 is 0 Å². The van der Waals surface area contributed by atoms with Crippen molar-refractivity contribution < 1.29 is 4.84 Å². The molecule has 4 heteroatoms. The number of nitrogens with two attached hydrogens (primary N) is 1. The van der Waals surface area contributed by atoms with Crippen molar-refractivity contribution in [1.82, 2.24) is 4.90 Å². The van der Waals surface area contributed by atoms with E-state index in [0.717, 1.165) is 0 Å². The maximum Gasteiger partial charge on any atom is 0.0864 e. The molecule has 0 amide bonds. The highest BCUT2D eigenvalue weighted by molar-refractivity contribution is 4.73. The van der Waals surface area contributed by atoms with Crippen LogP contribution in [0.5, 0.6) is 0 Å². The van der Waals surface area contributed by atoms with Crippen molar-refractivity contribution in [3.05, 3.63) is 0 Å². The van der Waals surface area contributed by atoms with Gasteiger partial charge >= 0.3 is 0 Å². The molecule has 0 spiro atoms. The average molecular weight is 129 g/mol. The Balaban J connectivity index is 3.08. The number of likely N-dealkylation sites (N-methyl/N-ethyl adjacent to an activating group) is 1. The molecule has 0 fully saturated rings. The third-order valence-electron chi connectivity index (χ3n) is 0.931. The molecular formula is C5H11N3O. The van der Waals surface area contributed by atoms with Gasteiger partial charge in [-0.3, -0.25) is 4.90 Å². The lowest BCUT2D eigenvalue weighted by atomic mass is 10.5. The van der Waals surface area contributed by atoms with E-state index in [1.807, 2.05) is 18.0 Å². The van der Waals surface area contributed by atoms with Gasteiger partial charge in [0.15, 0.2) is 0 Å². The van der Waals surface area contributed by atoms with Gasteiger partial charge in [0.1, 0.15) is 0 Å². The number of nitriles is 1. The van der Waals surface area contributed by atoms with Gasteiger partial charge in [0, 0.05) is 6.54 Å². The van der Waals surface area contributed by atoms with Crippen LogP contribution in [0.25, 0.3) is 0 Å². The molecule has 0 heterocycles. The summed E-state index contributed by atoms with van der Waals surface area (Å²) in [5.41, 5.74) is 0. The third-order valence-corrected chi connectivity index (χ3v) is 0.931. The predicted molar refractivity (Wildman–Crippen MR) is 33.2 cm³/mol. The van der Waals surface area contributed by atoms with Crippen LogP contribution in [0.3, 0.4) is 0 Å². The van der Waals surface area contributed by atoms with Gasteiger partial charge in [0.05, 0.1) is 19.2 Å². The van der Waals surface area contributed by atoms with Gasteiger partial charge in [-0.05, 0) is 7.05 Å². The Kier molecular flexibility index (Phi) is 5.12. The van der Waals surface area contributed by atoms with Gasteiger partial charge in [0.25, 0.3) is 0 Å². The maximum absolute atomic E-state index is 8.17. The highest BCUT2D eigenvalue weighted by Crippen LogP contribution is 1.77. The Labute approximate surface area is 54.8 Å². The van der Waals surface area contributed by atoms with Gasteiger partial charge < -0.3 is 4.84 Å². The van der Waals surface area contributed by atoms with Crippen molar-refractivity contribution in [3.8, 4) is 6.07 Å². The quantitative estimate of drug-likeness (QED) is 0.404. The predicted octanol–water partition coefficient (Wildman–Crippen LogP) is -0.668. The lowest BCUT2D eigenvalue weighted by Gasteiger charge is -2.09. The highest BCUT2D eigenvalue weighted by Gasteiger charge is 1.93. The van der Waals surface area contributed by atoms with Crippen LogP contribution in [0, 0.1) is 11.3 Å². The summed E-state index contributed by atoms with van der Waals surface area (Å²) in [4.78, 5) is 6.13. The van der Waals surface area contributed by atoms with Crippen molar-refractivity contribution in [2.45, 2.75) is 0 Å². The van der Waals surface area contributed by atoms with Gasteiger partial charge in [-0.2, -0.15) is 5.26 Å². The lowest BCUT2D eigenvalue weighted by molar-refractivity contribution is 0.117. The number of nitrogens with zero attached hydrogens (tertiary/aromatic N) is 2. The molecule has 0 aliphatic rings. The van der Waals surface area contributed by atoms with Crippen molar-refractivity contribution in [2.75, 3.05) is 26.7 Å². The van der Waals surface area contributed by atoms with Gasteiger partial charge in [0.2, 0.25) is 0 Å². The second-order valence-corrected chi connectivity index (χ2v) is 1.77. The largest absolute Gasteiger partial charge is 0.303 e. The molecule has 0 rings (SSSR count). The minimum Gasteiger partial charge on any atom is -0.303 e. The van der Waals surface area contributed by atoms with Crippen LogP contribution in [-0.2, 0) is 4.84 Å². The molecule has 0 aliphatic heterocycles. The molecule has 0 saturated carbocycles. The van der Waals surface area contributed by atoms with E-state index < -0.39 is 0 Å². The van der Waals surface area contributed by atoms with Crippen LogP contribution in [0.4, 0.5) is 0 Å². The van der Waals surface area contributed by atoms with Crippen molar-refractivity contribution in [2.24, 2.45) is 5.90 Å². The van der Waals surface area contributed by atoms with E-state index in [0.29, 0.717) is 19.7 Å². The first-order chi connectivity index (χ1) is 4.31. The minimum absolute atomic E-state index is 0.420. The molecule has 0 aromatic rings. The smallest absolute Gasteiger partial charge is 0.0864 e. The summed E-state index contributed by atoms with van der Waals surface area (Å²) in [6.07, 6.45) is 0. The Morgan fingerprint density at radius 3 is 2.89 bits per heavy atom. The molecule has 0 aromatic carbocycles. The average Bonchev–Trinajstić information content (AvgIpc) is 1.85. The van der Waals surface area contributed by atoms with Crippen LogP contribution >= 0.6 is 0 Å². The molecule has 0 unspecified atom stereocenters. The zero-order valence-corrected chi connectivity index (χ0v) is 5.50. The van der Waals surface area contributed by atoms with Crippen LogP contribution in [0.2, 0.25) is 0 Å². The summed E-state index contributed by atoms with van der Waals surface area (Å²) in [6, 6.07) is 2.01. The second kappa shape index (κ2) is 5.51. The molecule has 52 valence electrons. The molecule has 0 aliphatic carbocycles. The summed E-state index contributed by atoms with van der Waals surface area (Å²) < 4.78 is 0. The maximum atomic E-state index is 8.17. The number of hydrogen-bond donors (Lipinski definition) is 1. The topological polar surface area (TPSA) is 62.3 Å². The molecule has 4 nitrogen and oxygen atoms in total. The van der Waals surface area contributed by atoms with Gasteiger partial charge in [-0.25, -0.2) is 5.90 Å². The van der Waals surface area contributed by atoms with E-state index in [4.69, 9.17) is 11.2 Å². The molecule has 0 saturated heterocycles.